The van der Waals surface area contributed by atoms with Crippen LogP contribution in [0.5, 0.6) is 0 Å². The van der Waals surface area contributed by atoms with Crippen LogP contribution in [0.15, 0.2) is 49.1 Å². The topological polar surface area (TPSA) is 79.9 Å². The number of benzene rings is 1. The number of nitrogens with one attached hydrogen (secondary N) is 1. The molecule has 4 aromatic rings. The van der Waals surface area contributed by atoms with Gasteiger partial charge in [-0.25, -0.2) is 9.67 Å². The average molecular weight is 488 g/mol. The van der Waals surface area contributed by atoms with E-state index in [-0.39, 0.29) is 6.04 Å². The largest absolute Gasteiger partial charge is 0.364 e. The van der Waals surface area contributed by atoms with Gasteiger partial charge in [0.2, 0.25) is 5.95 Å². The minimum atomic E-state index is 0.263. The van der Waals surface area contributed by atoms with Gasteiger partial charge in [-0.05, 0) is 57.5 Å². The molecule has 1 saturated heterocycles. The molecule has 0 bridgehead atoms. The molecule has 1 fully saturated rings. The maximum atomic E-state index is 5.01. The van der Waals surface area contributed by atoms with E-state index in [1.54, 1.807) is 6.20 Å². The Hall–Kier alpha value is -3.46. The van der Waals surface area contributed by atoms with Crippen molar-refractivity contribution in [1.29, 1.82) is 0 Å². The molecule has 1 N–H and O–H groups in total. The Bertz CT molecular complexity index is 1270. The number of hydrogen-bond donors (Lipinski definition) is 1. The van der Waals surface area contributed by atoms with Crippen LogP contribution >= 0.6 is 0 Å². The van der Waals surface area contributed by atoms with E-state index in [0.717, 1.165) is 73.2 Å². The van der Waals surface area contributed by atoms with Crippen LogP contribution in [-0.4, -0.2) is 66.4 Å². The zero-order chi connectivity index (χ0) is 25.1. The van der Waals surface area contributed by atoms with E-state index >= 15 is 0 Å². The summed E-state index contributed by atoms with van der Waals surface area (Å²) in [5, 5.41) is 8.00. The number of fused-ring (bicyclic) bond motifs is 1. The molecule has 4 heterocycles. The summed E-state index contributed by atoms with van der Waals surface area (Å²) in [6, 6.07) is 11.1. The summed E-state index contributed by atoms with van der Waals surface area (Å²) in [6.45, 7) is 13.6. The molecule has 0 spiro atoms. The highest BCUT2D eigenvalue weighted by atomic mass is 15.3. The molecule has 0 saturated carbocycles. The molecule has 9 nitrogen and oxygen atoms in total. The lowest BCUT2D eigenvalue weighted by Gasteiger charge is -2.37. The summed E-state index contributed by atoms with van der Waals surface area (Å²) in [5.41, 5.74) is 3.87. The molecule has 3 aromatic heterocycles. The fourth-order valence-electron chi connectivity index (χ4n) is 5.19. The van der Waals surface area contributed by atoms with Crippen LogP contribution in [0.2, 0.25) is 0 Å². The second-order valence-electron chi connectivity index (χ2n) is 9.66. The molecule has 5 rings (SSSR count). The second-order valence-corrected chi connectivity index (χ2v) is 9.66. The van der Waals surface area contributed by atoms with Crippen molar-refractivity contribution >= 4 is 22.9 Å². The third-order valence-electron chi connectivity index (χ3n) is 7.23. The summed E-state index contributed by atoms with van der Waals surface area (Å²) < 4.78 is 4.03. The lowest BCUT2D eigenvalue weighted by molar-refractivity contribution is 0.186. The first-order valence-electron chi connectivity index (χ1n) is 13.1. The molecule has 9 heteroatoms. The molecule has 36 heavy (non-hydrogen) atoms. The third-order valence-corrected chi connectivity index (χ3v) is 7.23. The van der Waals surface area contributed by atoms with E-state index < -0.39 is 0 Å². The first kappa shape index (κ1) is 24.2. The zero-order valence-electron chi connectivity index (χ0n) is 21.8. The van der Waals surface area contributed by atoms with E-state index in [1.807, 2.05) is 29.3 Å². The van der Waals surface area contributed by atoms with E-state index in [1.165, 1.54) is 0 Å². The fourth-order valence-corrected chi connectivity index (χ4v) is 5.19. The van der Waals surface area contributed by atoms with E-state index in [0.29, 0.717) is 12.6 Å². The molecular weight excluding hydrogens is 450 g/mol. The monoisotopic (exact) mass is 487 g/mol. The Morgan fingerprint density at radius 2 is 1.83 bits per heavy atom. The number of nitrogens with zero attached hydrogens (tertiary/aromatic N) is 8. The SMILES string of the molecule is CCN(CC)C1CCN(c2nc(NCc3ccccc3-n3cccn3)c3ncn(C(C)C)c3n2)CC1. The quantitative estimate of drug-likeness (QED) is 0.372. The van der Waals surface area contributed by atoms with E-state index in [4.69, 9.17) is 15.0 Å². The van der Waals surface area contributed by atoms with Gasteiger partial charge in [-0.1, -0.05) is 32.0 Å². The Labute approximate surface area is 213 Å². The van der Waals surface area contributed by atoms with Crippen LogP contribution in [0.4, 0.5) is 11.8 Å². The number of anilines is 2. The highest BCUT2D eigenvalue weighted by Crippen LogP contribution is 2.28. The number of para-hydroxylation sites is 1. The first-order valence-corrected chi connectivity index (χ1v) is 13.1. The minimum absolute atomic E-state index is 0.263. The summed E-state index contributed by atoms with van der Waals surface area (Å²) in [5.74, 6) is 1.56. The van der Waals surface area contributed by atoms with Gasteiger partial charge in [-0.3, -0.25) is 0 Å². The molecule has 0 unspecified atom stereocenters. The van der Waals surface area contributed by atoms with Crippen molar-refractivity contribution in [2.24, 2.45) is 0 Å². The smallest absolute Gasteiger partial charge is 0.229 e. The minimum Gasteiger partial charge on any atom is -0.364 e. The molecule has 1 aromatic carbocycles. The van der Waals surface area contributed by atoms with Gasteiger partial charge in [0.15, 0.2) is 17.0 Å². The molecule has 0 atom stereocenters. The van der Waals surface area contributed by atoms with Crippen LogP contribution < -0.4 is 10.2 Å². The van der Waals surface area contributed by atoms with E-state index in [9.17, 15) is 0 Å². The van der Waals surface area contributed by atoms with Crippen molar-refractivity contribution in [2.75, 3.05) is 36.4 Å². The van der Waals surface area contributed by atoms with Gasteiger partial charge in [0.1, 0.15) is 0 Å². The normalized spacial score (nSPS) is 14.9. The van der Waals surface area contributed by atoms with Crippen molar-refractivity contribution in [3.8, 4) is 5.69 Å². The van der Waals surface area contributed by atoms with Crippen molar-refractivity contribution in [3.63, 3.8) is 0 Å². The molecule has 1 aliphatic rings. The number of piperidine rings is 1. The molecule has 0 aliphatic carbocycles. The zero-order valence-corrected chi connectivity index (χ0v) is 21.8. The lowest BCUT2D eigenvalue weighted by Crippen LogP contribution is -2.45. The van der Waals surface area contributed by atoms with Gasteiger partial charge in [0.05, 0.1) is 12.0 Å². The van der Waals surface area contributed by atoms with Crippen LogP contribution in [0.1, 0.15) is 52.1 Å². The number of rotatable bonds is 9. The van der Waals surface area contributed by atoms with Crippen LogP contribution in [0.3, 0.4) is 0 Å². The Kier molecular flexibility index (Phi) is 7.18. The molecule has 0 radical (unpaired) electrons. The number of aromatic nitrogens is 6. The fraction of sp³-hybridized carbons (Fsp3) is 0.481. The maximum Gasteiger partial charge on any atom is 0.229 e. The Balaban J connectivity index is 1.43. The second kappa shape index (κ2) is 10.7. The Morgan fingerprint density at radius 1 is 1.06 bits per heavy atom. The van der Waals surface area contributed by atoms with Gasteiger partial charge in [-0.2, -0.15) is 15.1 Å². The standard InChI is InChI=1S/C27H37N9/c1-5-33(6-2)22-12-16-34(17-13-22)27-31-25(24-26(32-27)35(19-29-24)20(3)4)28-18-21-10-7-8-11-23(21)36-15-9-14-30-36/h7-11,14-15,19-20,22H,5-6,12-13,16-18H2,1-4H3,(H,28,31,32). The summed E-state index contributed by atoms with van der Waals surface area (Å²) in [6.07, 6.45) is 7.90. The van der Waals surface area contributed by atoms with Crippen LogP contribution in [0.25, 0.3) is 16.9 Å². The van der Waals surface area contributed by atoms with Crippen LogP contribution in [-0.2, 0) is 6.54 Å². The van der Waals surface area contributed by atoms with Crippen molar-refractivity contribution in [2.45, 2.75) is 59.2 Å². The molecular formula is C27H37N9. The average Bonchev–Trinajstić information content (AvgIpc) is 3.59. The van der Waals surface area contributed by atoms with Gasteiger partial charge >= 0.3 is 0 Å². The summed E-state index contributed by atoms with van der Waals surface area (Å²) >= 11 is 0. The number of hydrogen-bond acceptors (Lipinski definition) is 7. The predicted molar refractivity (Wildman–Crippen MR) is 145 cm³/mol. The van der Waals surface area contributed by atoms with Crippen molar-refractivity contribution in [3.05, 3.63) is 54.6 Å². The highest BCUT2D eigenvalue weighted by Gasteiger charge is 2.26. The van der Waals surface area contributed by atoms with Gasteiger partial charge in [0.25, 0.3) is 0 Å². The third kappa shape index (κ3) is 4.80. The predicted octanol–water partition coefficient (Wildman–Crippen LogP) is 4.52. The molecule has 190 valence electrons. The van der Waals surface area contributed by atoms with Crippen molar-refractivity contribution in [1.82, 2.24) is 34.2 Å². The van der Waals surface area contributed by atoms with Gasteiger partial charge in [-0.15, -0.1) is 0 Å². The van der Waals surface area contributed by atoms with Gasteiger partial charge < -0.3 is 19.7 Å². The Morgan fingerprint density at radius 3 is 2.53 bits per heavy atom. The molecule has 1 aliphatic heterocycles. The maximum absolute atomic E-state index is 5.01. The van der Waals surface area contributed by atoms with Gasteiger partial charge in [0, 0.05) is 44.1 Å². The van der Waals surface area contributed by atoms with Crippen LogP contribution in [0, 0.1) is 0 Å². The van der Waals surface area contributed by atoms with E-state index in [2.05, 4.69) is 70.7 Å². The first-order chi connectivity index (χ1) is 17.6. The lowest BCUT2D eigenvalue weighted by atomic mass is 10.0. The molecule has 0 amide bonds. The highest BCUT2D eigenvalue weighted by molar-refractivity contribution is 5.84. The summed E-state index contributed by atoms with van der Waals surface area (Å²) in [4.78, 5) is 19.6. The number of imidazole rings is 1. The van der Waals surface area contributed by atoms with Crippen molar-refractivity contribution < 1.29 is 0 Å². The summed E-state index contributed by atoms with van der Waals surface area (Å²) in [7, 11) is 0.